The summed E-state index contributed by atoms with van der Waals surface area (Å²) >= 11 is 5.55. The molecule has 0 radical (unpaired) electrons. The minimum atomic E-state index is -0.531. The Bertz CT molecular complexity index is 411. The average Bonchev–Trinajstić information content (AvgIpc) is 2.26. The first-order valence-corrected chi connectivity index (χ1v) is 5.57. The number of carbonyl (C=O) groups excluding carboxylic acids is 1. The molecule has 5 heteroatoms. The van der Waals surface area contributed by atoms with Gasteiger partial charge in [-0.2, -0.15) is 0 Å². The predicted octanol–water partition coefficient (Wildman–Crippen LogP) is 2.54. The number of alkyl halides is 1. The highest BCUT2D eigenvalue weighted by atomic mass is 35.5. The zero-order valence-electron chi connectivity index (χ0n) is 8.50. The topological polar surface area (TPSA) is 38.3 Å². The fraction of sp³-hybridized carbons (Fsp3) is 0.364. The molecular weight excluding hydrogens is 233 g/mol. The fourth-order valence-corrected chi connectivity index (χ4v) is 1.73. The van der Waals surface area contributed by atoms with E-state index in [1.54, 1.807) is 0 Å². The number of carbonyl (C=O) groups is 1. The van der Waals surface area contributed by atoms with E-state index in [0.29, 0.717) is 30.2 Å². The Morgan fingerprint density at radius 2 is 2.31 bits per heavy atom. The second-order valence-electron chi connectivity index (χ2n) is 3.57. The molecule has 1 aromatic carbocycles. The van der Waals surface area contributed by atoms with Crippen LogP contribution in [-0.2, 0) is 4.79 Å². The van der Waals surface area contributed by atoms with Crippen molar-refractivity contribution >= 4 is 23.2 Å². The van der Waals surface area contributed by atoms with Gasteiger partial charge in [-0.05, 0) is 25.0 Å². The van der Waals surface area contributed by atoms with Crippen LogP contribution in [0.3, 0.4) is 0 Å². The molecule has 2 rings (SSSR count). The minimum Gasteiger partial charge on any atom is -0.478 e. The lowest BCUT2D eigenvalue weighted by molar-refractivity contribution is -0.123. The quantitative estimate of drug-likeness (QED) is 0.829. The van der Waals surface area contributed by atoms with Crippen molar-refractivity contribution in [3.63, 3.8) is 0 Å². The van der Waals surface area contributed by atoms with E-state index in [9.17, 15) is 9.18 Å². The van der Waals surface area contributed by atoms with Gasteiger partial charge in [0.05, 0.1) is 5.69 Å². The van der Waals surface area contributed by atoms with E-state index < -0.39 is 11.9 Å². The third-order valence-corrected chi connectivity index (χ3v) is 2.63. The van der Waals surface area contributed by atoms with Crippen LogP contribution < -0.4 is 10.1 Å². The number of amides is 1. The van der Waals surface area contributed by atoms with Gasteiger partial charge in [0.1, 0.15) is 11.6 Å². The molecule has 1 heterocycles. The molecule has 1 unspecified atom stereocenters. The highest BCUT2D eigenvalue weighted by molar-refractivity contribution is 6.17. The van der Waals surface area contributed by atoms with Crippen LogP contribution in [0.5, 0.6) is 5.75 Å². The van der Waals surface area contributed by atoms with Crippen molar-refractivity contribution in [3.05, 3.63) is 24.0 Å². The second-order valence-corrected chi connectivity index (χ2v) is 3.95. The minimum absolute atomic E-state index is 0.247. The number of halogens is 2. The second kappa shape index (κ2) is 4.70. The van der Waals surface area contributed by atoms with E-state index in [1.165, 1.54) is 18.2 Å². The summed E-state index contributed by atoms with van der Waals surface area (Å²) in [4.78, 5) is 11.6. The van der Waals surface area contributed by atoms with Gasteiger partial charge >= 0.3 is 0 Å². The van der Waals surface area contributed by atoms with Crippen molar-refractivity contribution in [2.45, 2.75) is 18.9 Å². The first kappa shape index (κ1) is 11.2. The molecule has 1 aliphatic heterocycles. The maximum Gasteiger partial charge on any atom is 0.265 e. The van der Waals surface area contributed by atoms with Gasteiger partial charge in [0.25, 0.3) is 5.91 Å². The third kappa shape index (κ3) is 2.27. The lowest BCUT2D eigenvalue weighted by atomic mass is 10.1. The summed E-state index contributed by atoms with van der Waals surface area (Å²) < 4.78 is 18.4. The van der Waals surface area contributed by atoms with Crippen molar-refractivity contribution < 1.29 is 13.9 Å². The monoisotopic (exact) mass is 243 g/mol. The maximum atomic E-state index is 12.9. The number of rotatable bonds is 3. The van der Waals surface area contributed by atoms with Gasteiger partial charge < -0.3 is 10.1 Å². The van der Waals surface area contributed by atoms with Crippen molar-refractivity contribution in [1.29, 1.82) is 0 Å². The van der Waals surface area contributed by atoms with Crippen molar-refractivity contribution in [2.24, 2.45) is 0 Å². The first-order valence-electron chi connectivity index (χ1n) is 5.04. The van der Waals surface area contributed by atoms with Crippen LogP contribution in [0.2, 0.25) is 0 Å². The van der Waals surface area contributed by atoms with Crippen LogP contribution in [-0.4, -0.2) is 17.9 Å². The number of hydrogen-bond donors (Lipinski definition) is 1. The van der Waals surface area contributed by atoms with E-state index in [1.807, 2.05) is 0 Å². The molecule has 86 valence electrons. The van der Waals surface area contributed by atoms with Gasteiger partial charge in [-0.15, -0.1) is 11.6 Å². The molecule has 0 bridgehead atoms. The predicted molar refractivity (Wildman–Crippen MR) is 59.4 cm³/mol. The standard InChI is InChI=1S/C11H11ClFNO2/c12-5-1-2-10-11(15)14-8-6-7(13)3-4-9(8)16-10/h3-4,6,10H,1-2,5H2,(H,14,15). The Morgan fingerprint density at radius 1 is 1.50 bits per heavy atom. The Balaban J connectivity index is 2.15. The van der Waals surface area contributed by atoms with Gasteiger partial charge in [0.2, 0.25) is 0 Å². The molecular formula is C11H11ClFNO2. The molecule has 0 spiro atoms. The summed E-state index contributed by atoms with van der Waals surface area (Å²) in [5, 5.41) is 2.61. The Hall–Kier alpha value is -1.29. The zero-order chi connectivity index (χ0) is 11.5. The molecule has 1 aliphatic rings. The Labute approximate surface area is 97.5 Å². The Morgan fingerprint density at radius 3 is 3.06 bits per heavy atom. The SMILES string of the molecule is O=C1Nc2cc(F)ccc2OC1CCCCl. The molecule has 0 aliphatic carbocycles. The fourth-order valence-electron chi connectivity index (χ4n) is 1.58. The van der Waals surface area contributed by atoms with Crippen molar-refractivity contribution in [1.82, 2.24) is 0 Å². The number of fused-ring (bicyclic) bond motifs is 1. The zero-order valence-corrected chi connectivity index (χ0v) is 9.26. The summed E-state index contributed by atoms with van der Waals surface area (Å²) in [5.41, 5.74) is 0.382. The van der Waals surface area contributed by atoms with E-state index in [2.05, 4.69) is 5.32 Å². The van der Waals surface area contributed by atoms with Gasteiger partial charge in [-0.3, -0.25) is 4.79 Å². The lowest BCUT2D eigenvalue weighted by Crippen LogP contribution is -2.37. The van der Waals surface area contributed by atoms with Crippen LogP contribution in [0.25, 0.3) is 0 Å². The summed E-state index contributed by atoms with van der Waals surface area (Å²) in [7, 11) is 0. The van der Waals surface area contributed by atoms with Crippen LogP contribution >= 0.6 is 11.6 Å². The van der Waals surface area contributed by atoms with Crippen LogP contribution in [0, 0.1) is 5.82 Å². The smallest absolute Gasteiger partial charge is 0.265 e. The molecule has 0 fully saturated rings. The lowest BCUT2D eigenvalue weighted by Gasteiger charge is -2.25. The number of benzene rings is 1. The molecule has 3 nitrogen and oxygen atoms in total. The average molecular weight is 244 g/mol. The Kier molecular flexibility index (Phi) is 3.29. The summed E-state index contributed by atoms with van der Waals surface area (Å²) in [6.45, 7) is 0. The van der Waals surface area contributed by atoms with Crippen LogP contribution in [0.1, 0.15) is 12.8 Å². The number of ether oxygens (including phenoxy) is 1. The molecule has 0 saturated heterocycles. The first-order chi connectivity index (χ1) is 7.70. The molecule has 0 saturated carbocycles. The normalized spacial score (nSPS) is 18.6. The van der Waals surface area contributed by atoms with E-state index in [-0.39, 0.29) is 5.91 Å². The van der Waals surface area contributed by atoms with Crippen molar-refractivity contribution in [2.75, 3.05) is 11.2 Å². The molecule has 16 heavy (non-hydrogen) atoms. The number of hydrogen-bond acceptors (Lipinski definition) is 2. The molecule has 1 aromatic rings. The molecule has 1 amide bonds. The summed E-state index contributed by atoms with van der Waals surface area (Å²) in [6, 6.07) is 4.05. The molecule has 0 aromatic heterocycles. The van der Waals surface area contributed by atoms with E-state index in [0.717, 1.165) is 0 Å². The van der Waals surface area contributed by atoms with Crippen LogP contribution in [0.15, 0.2) is 18.2 Å². The van der Waals surface area contributed by atoms with E-state index in [4.69, 9.17) is 16.3 Å². The molecule has 1 N–H and O–H groups in total. The summed E-state index contributed by atoms with van der Waals surface area (Å²) in [6.07, 6.45) is 0.735. The van der Waals surface area contributed by atoms with Gasteiger partial charge in [-0.1, -0.05) is 0 Å². The van der Waals surface area contributed by atoms with Crippen LogP contribution in [0.4, 0.5) is 10.1 Å². The van der Waals surface area contributed by atoms with Gasteiger partial charge in [0.15, 0.2) is 6.10 Å². The van der Waals surface area contributed by atoms with Gasteiger partial charge in [0, 0.05) is 11.9 Å². The van der Waals surface area contributed by atoms with E-state index >= 15 is 0 Å². The number of nitrogens with one attached hydrogen (secondary N) is 1. The largest absolute Gasteiger partial charge is 0.478 e. The summed E-state index contributed by atoms with van der Waals surface area (Å²) in [5.74, 6) is 0.342. The highest BCUT2D eigenvalue weighted by Crippen LogP contribution is 2.30. The van der Waals surface area contributed by atoms with Gasteiger partial charge in [-0.25, -0.2) is 4.39 Å². The van der Waals surface area contributed by atoms with Crippen molar-refractivity contribution in [3.8, 4) is 5.75 Å². The molecule has 1 atom stereocenters. The number of anilines is 1. The highest BCUT2D eigenvalue weighted by Gasteiger charge is 2.27. The maximum absolute atomic E-state index is 12.9. The third-order valence-electron chi connectivity index (χ3n) is 2.36.